The Bertz CT molecular complexity index is 537. The number of aryl methyl sites for hydroxylation is 2. The third-order valence-electron chi connectivity index (χ3n) is 2.33. The van der Waals surface area contributed by atoms with Crippen molar-refractivity contribution in [3.8, 4) is 0 Å². The second-order valence-electron chi connectivity index (χ2n) is 3.90. The van der Waals surface area contributed by atoms with Crippen LogP contribution in [0.15, 0.2) is 23.1 Å². The lowest BCUT2D eigenvalue weighted by Crippen LogP contribution is -2.31. The van der Waals surface area contributed by atoms with Gasteiger partial charge in [-0.2, -0.15) is 4.72 Å². The van der Waals surface area contributed by atoms with Gasteiger partial charge < -0.3 is 4.74 Å². The molecule has 0 radical (unpaired) electrons. The molecule has 1 aromatic rings. The standard InChI is InChI=1S/C12H17NO4S/c1-4-17-12(14)8-13-18(15,16)11-6-5-9(2)7-10(11)3/h5-7,13H,4,8H2,1-3H3. The average Bonchev–Trinajstić information content (AvgIpc) is 2.26. The second-order valence-corrected chi connectivity index (χ2v) is 5.63. The number of rotatable bonds is 5. The van der Waals surface area contributed by atoms with Crippen LogP contribution < -0.4 is 4.72 Å². The van der Waals surface area contributed by atoms with Gasteiger partial charge in [-0.15, -0.1) is 0 Å². The number of carbonyl (C=O) groups excluding carboxylic acids is 1. The SMILES string of the molecule is CCOC(=O)CNS(=O)(=O)c1ccc(C)cc1C. The van der Waals surface area contributed by atoms with E-state index in [1.165, 1.54) is 6.07 Å². The van der Waals surface area contributed by atoms with Crippen LogP contribution in [-0.4, -0.2) is 27.5 Å². The third-order valence-corrected chi connectivity index (χ3v) is 3.89. The molecule has 0 unspecified atom stereocenters. The Kier molecular flexibility index (Phi) is 4.86. The highest BCUT2D eigenvalue weighted by Crippen LogP contribution is 2.15. The summed E-state index contributed by atoms with van der Waals surface area (Å²) in [5.74, 6) is -0.592. The Hall–Kier alpha value is -1.40. The molecule has 0 aromatic heterocycles. The molecule has 0 aliphatic carbocycles. The summed E-state index contributed by atoms with van der Waals surface area (Å²) in [4.78, 5) is 11.3. The fourth-order valence-corrected chi connectivity index (χ4v) is 2.74. The molecule has 0 saturated carbocycles. The average molecular weight is 271 g/mol. The van der Waals surface area contributed by atoms with Gasteiger partial charge in [0.05, 0.1) is 11.5 Å². The van der Waals surface area contributed by atoms with Crippen LogP contribution in [0.1, 0.15) is 18.1 Å². The van der Waals surface area contributed by atoms with Gasteiger partial charge in [0.1, 0.15) is 6.54 Å². The van der Waals surface area contributed by atoms with Crippen LogP contribution in [0, 0.1) is 13.8 Å². The Morgan fingerprint density at radius 2 is 2.00 bits per heavy atom. The van der Waals surface area contributed by atoms with E-state index < -0.39 is 16.0 Å². The van der Waals surface area contributed by atoms with E-state index >= 15 is 0 Å². The molecule has 18 heavy (non-hydrogen) atoms. The minimum atomic E-state index is -3.67. The number of sulfonamides is 1. The number of hydrogen-bond donors (Lipinski definition) is 1. The largest absolute Gasteiger partial charge is 0.465 e. The number of esters is 1. The van der Waals surface area contributed by atoms with Crippen molar-refractivity contribution in [1.82, 2.24) is 4.72 Å². The molecule has 0 saturated heterocycles. The summed E-state index contributed by atoms with van der Waals surface area (Å²) < 4.78 is 30.8. The van der Waals surface area contributed by atoms with Crippen molar-refractivity contribution < 1.29 is 17.9 Å². The van der Waals surface area contributed by atoms with E-state index in [9.17, 15) is 13.2 Å². The molecular formula is C12H17NO4S. The Balaban J connectivity index is 2.83. The normalized spacial score (nSPS) is 11.3. The molecule has 0 fully saturated rings. The molecule has 0 aliphatic rings. The van der Waals surface area contributed by atoms with Gasteiger partial charge in [-0.1, -0.05) is 17.7 Å². The molecule has 100 valence electrons. The summed E-state index contributed by atoms with van der Waals surface area (Å²) in [6, 6.07) is 5.02. The second kappa shape index (κ2) is 5.97. The van der Waals surface area contributed by atoms with E-state index in [-0.39, 0.29) is 18.0 Å². The molecule has 1 aromatic carbocycles. The maximum Gasteiger partial charge on any atom is 0.321 e. The number of hydrogen-bond acceptors (Lipinski definition) is 4. The molecule has 0 heterocycles. The molecule has 0 bridgehead atoms. The van der Waals surface area contributed by atoms with E-state index in [0.29, 0.717) is 5.56 Å². The number of benzene rings is 1. The van der Waals surface area contributed by atoms with E-state index in [1.807, 2.05) is 6.92 Å². The van der Waals surface area contributed by atoms with Crippen LogP contribution in [0.4, 0.5) is 0 Å². The van der Waals surface area contributed by atoms with Crippen molar-refractivity contribution in [3.05, 3.63) is 29.3 Å². The first-order chi connectivity index (χ1) is 8.36. The maximum absolute atomic E-state index is 12.0. The first-order valence-electron chi connectivity index (χ1n) is 5.59. The molecule has 0 amide bonds. The minimum absolute atomic E-state index is 0.178. The van der Waals surface area contributed by atoms with Gasteiger partial charge in [0.15, 0.2) is 0 Å². The summed E-state index contributed by atoms with van der Waals surface area (Å²) in [6.07, 6.45) is 0. The van der Waals surface area contributed by atoms with E-state index in [4.69, 9.17) is 0 Å². The van der Waals surface area contributed by atoms with Crippen molar-refractivity contribution in [1.29, 1.82) is 0 Å². The zero-order valence-electron chi connectivity index (χ0n) is 10.7. The summed E-state index contributed by atoms with van der Waals surface area (Å²) in [6.45, 7) is 5.13. The molecule has 0 atom stereocenters. The fourth-order valence-electron chi connectivity index (χ4n) is 1.54. The van der Waals surface area contributed by atoms with Crippen molar-refractivity contribution in [2.45, 2.75) is 25.7 Å². The van der Waals surface area contributed by atoms with Gasteiger partial charge in [0.25, 0.3) is 0 Å². The van der Waals surface area contributed by atoms with Crippen molar-refractivity contribution in [2.75, 3.05) is 13.2 Å². The van der Waals surface area contributed by atoms with Gasteiger partial charge in [-0.25, -0.2) is 8.42 Å². The summed E-state index contributed by atoms with van der Waals surface area (Å²) in [7, 11) is -3.67. The first-order valence-corrected chi connectivity index (χ1v) is 7.07. The molecular weight excluding hydrogens is 254 g/mol. The summed E-state index contributed by atoms with van der Waals surface area (Å²) >= 11 is 0. The van der Waals surface area contributed by atoms with Crippen LogP contribution in [0.3, 0.4) is 0 Å². The van der Waals surface area contributed by atoms with E-state index in [1.54, 1.807) is 26.0 Å². The predicted octanol–water partition coefficient (Wildman–Crippen LogP) is 1.14. The van der Waals surface area contributed by atoms with Crippen molar-refractivity contribution in [2.24, 2.45) is 0 Å². The van der Waals surface area contributed by atoms with Gasteiger partial charge in [-0.05, 0) is 32.4 Å². The molecule has 0 spiro atoms. The first kappa shape index (κ1) is 14.7. The number of ether oxygens (including phenoxy) is 1. The van der Waals surface area contributed by atoms with Crippen LogP contribution in [-0.2, 0) is 19.6 Å². The monoisotopic (exact) mass is 271 g/mol. The third kappa shape index (κ3) is 3.82. The van der Waals surface area contributed by atoms with E-state index in [0.717, 1.165) is 5.56 Å². The van der Waals surface area contributed by atoms with Gasteiger partial charge >= 0.3 is 5.97 Å². The van der Waals surface area contributed by atoms with Crippen molar-refractivity contribution >= 4 is 16.0 Å². The lowest BCUT2D eigenvalue weighted by molar-refractivity contribution is -0.141. The lowest BCUT2D eigenvalue weighted by Gasteiger charge is -2.09. The van der Waals surface area contributed by atoms with Crippen LogP contribution in [0.25, 0.3) is 0 Å². The molecule has 1 N–H and O–H groups in total. The molecule has 5 nitrogen and oxygen atoms in total. The maximum atomic E-state index is 12.0. The van der Waals surface area contributed by atoms with Gasteiger partial charge in [-0.3, -0.25) is 4.79 Å². The van der Waals surface area contributed by atoms with E-state index in [2.05, 4.69) is 9.46 Å². The number of nitrogens with one attached hydrogen (secondary N) is 1. The highest BCUT2D eigenvalue weighted by molar-refractivity contribution is 7.89. The van der Waals surface area contributed by atoms with Gasteiger partial charge in [0.2, 0.25) is 10.0 Å². The highest BCUT2D eigenvalue weighted by Gasteiger charge is 2.17. The van der Waals surface area contributed by atoms with Crippen LogP contribution >= 0.6 is 0 Å². The molecule has 0 aliphatic heterocycles. The van der Waals surface area contributed by atoms with Crippen molar-refractivity contribution in [3.63, 3.8) is 0 Å². The van der Waals surface area contributed by atoms with Gasteiger partial charge in [0, 0.05) is 0 Å². The Morgan fingerprint density at radius 1 is 1.33 bits per heavy atom. The zero-order chi connectivity index (χ0) is 13.8. The quantitative estimate of drug-likeness (QED) is 0.815. The smallest absolute Gasteiger partial charge is 0.321 e. The zero-order valence-corrected chi connectivity index (χ0v) is 11.5. The Labute approximate surface area is 107 Å². The molecule has 6 heteroatoms. The summed E-state index contributed by atoms with van der Waals surface area (Å²) in [5, 5.41) is 0. The lowest BCUT2D eigenvalue weighted by atomic mass is 10.2. The fraction of sp³-hybridized carbons (Fsp3) is 0.417. The number of carbonyl (C=O) groups is 1. The molecule has 1 rings (SSSR count). The highest BCUT2D eigenvalue weighted by atomic mass is 32.2. The van der Waals surface area contributed by atoms with Crippen LogP contribution in [0.2, 0.25) is 0 Å². The predicted molar refractivity (Wildman–Crippen MR) is 67.7 cm³/mol. The topological polar surface area (TPSA) is 72.5 Å². The minimum Gasteiger partial charge on any atom is -0.465 e. The summed E-state index contributed by atoms with van der Waals surface area (Å²) in [5.41, 5.74) is 1.63. The van der Waals surface area contributed by atoms with Crippen LogP contribution in [0.5, 0.6) is 0 Å². The Morgan fingerprint density at radius 3 is 2.56 bits per heavy atom.